The summed E-state index contributed by atoms with van der Waals surface area (Å²) in [5.41, 5.74) is 5.58. The largest absolute Gasteiger partial charge is 0.488 e. The van der Waals surface area contributed by atoms with Gasteiger partial charge in [0.25, 0.3) is 5.91 Å². The van der Waals surface area contributed by atoms with Crippen LogP contribution < -0.4 is 26.0 Å². The van der Waals surface area contributed by atoms with E-state index >= 15 is 0 Å². The molecule has 3 amide bonds. The number of halogens is 1. The highest BCUT2D eigenvalue weighted by atomic mass is 35.5. The summed E-state index contributed by atoms with van der Waals surface area (Å²) in [6, 6.07) is 8.10. The fourth-order valence-corrected chi connectivity index (χ4v) is 9.52. The monoisotopic (exact) mass is 903 g/mol. The second-order valence-corrected chi connectivity index (χ2v) is 18.1. The number of benzene rings is 1. The molecule has 5 heterocycles. The first-order valence-corrected chi connectivity index (χ1v) is 23.5. The lowest BCUT2D eigenvalue weighted by Gasteiger charge is -2.29. The van der Waals surface area contributed by atoms with Gasteiger partial charge in [-0.25, -0.2) is 9.97 Å². The normalized spacial score (nSPS) is 20.0. The SMILES string of the molecule is Cn1ncc(-c2nc(NC3CCC(NCCOCCOCCOCCNCc4ccc(OCc5scc6c5CN([C@H]5CCC(=O)NC5=O)C6=O)cc4)CC3)ncc2Cl)c1CC1CC1. The van der Waals surface area contributed by atoms with Crippen LogP contribution in [0.5, 0.6) is 5.75 Å². The Hall–Kier alpha value is -4.49. The van der Waals surface area contributed by atoms with Gasteiger partial charge in [-0.3, -0.25) is 24.4 Å². The van der Waals surface area contributed by atoms with Crippen molar-refractivity contribution in [3.63, 3.8) is 0 Å². The van der Waals surface area contributed by atoms with Crippen molar-refractivity contribution in [1.82, 2.24) is 40.6 Å². The Kier molecular flexibility index (Phi) is 15.7. The van der Waals surface area contributed by atoms with E-state index in [-0.39, 0.29) is 18.2 Å². The molecule has 338 valence electrons. The first-order valence-electron chi connectivity index (χ1n) is 22.2. The number of aryl methyl sites for hydroxylation is 1. The van der Waals surface area contributed by atoms with Crippen molar-refractivity contribution < 1.29 is 33.3 Å². The molecule has 0 bridgehead atoms. The first kappa shape index (κ1) is 45.1. The van der Waals surface area contributed by atoms with E-state index in [0.29, 0.717) is 94.4 Å². The third-order valence-electron chi connectivity index (χ3n) is 12.2. The van der Waals surface area contributed by atoms with E-state index in [1.807, 2.05) is 47.6 Å². The van der Waals surface area contributed by atoms with E-state index in [2.05, 4.69) is 31.3 Å². The summed E-state index contributed by atoms with van der Waals surface area (Å²) < 4.78 is 25.2. The average molecular weight is 905 g/mol. The number of amides is 3. The molecule has 3 aromatic heterocycles. The smallest absolute Gasteiger partial charge is 0.256 e. The number of hydrogen-bond donors (Lipinski definition) is 4. The number of imide groups is 1. The van der Waals surface area contributed by atoms with E-state index < -0.39 is 11.9 Å². The maximum atomic E-state index is 13.0. The second-order valence-electron chi connectivity index (χ2n) is 16.7. The molecule has 4 N–H and O–H groups in total. The highest BCUT2D eigenvalue weighted by Gasteiger charge is 2.40. The zero-order valence-electron chi connectivity index (χ0n) is 35.9. The number of fused-ring (bicyclic) bond motifs is 1. The van der Waals surface area contributed by atoms with Crippen molar-refractivity contribution in [2.24, 2.45) is 13.0 Å². The van der Waals surface area contributed by atoms with Crippen molar-refractivity contribution in [3.8, 4) is 17.0 Å². The Morgan fingerprint density at radius 2 is 1.60 bits per heavy atom. The molecule has 0 spiro atoms. The van der Waals surface area contributed by atoms with Gasteiger partial charge in [-0.2, -0.15) is 5.10 Å². The highest BCUT2D eigenvalue weighted by Crippen LogP contribution is 2.37. The van der Waals surface area contributed by atoms with E-state index in [9.17, 15) is 14.4 Å². The molecule has 2 aliphatic carbocycles. The van der Waals surface area contributed by atoms with Gasteiger partial charge < -0.3 is 39.8 Å². The van der Waals surface area contributed by atoms with Crippen LogP contribution in [0.1, 0.15) is 83.4 Å². The molecule has 4 aliphatic rings. The molecule has 4 aromatic rings. The number of piperidine rings is 1. The molecule has 3 fully saturated rings. The predicted molar refractivity (Wildman–Crippen MR) is 239 cm³/mol. The third-order valence-corrected chi connectivity index (χ3v) is 13.4. The predicted octanol–water partition coefficient (Wildman–Crippen LogP) is 5.04. The van der Waals surface area contributed by atoms with Gasteiger partial charge in [0, 0.05) is 78.8 Å². The number of hydrogen-bond acceptors (Lipinski definition) is 14. The van der Waals surface area contributed by atoms with Gasteiger partial charge >= 0.3 is 0 Å². The van der Waals surface area contributed by atoms with Crippen LogP contribution in [0.15, 0.2) is 42.0 Å². The Labute approximate surface area is 377 Å². The quantitative estimate of drug-likeness (QED) is 0.0543. The summed E-state index contributed by atoms with van der Waals surface area (Å²) in [6.45, 7) is 6.29. The van der Waals surface area contributed by atoms with Crippen LogP contribution in [-0.4, -0.2) is 113 Å². The summed E-state index contributed by atoms with van der Waals surface area (Å²) >= 11 is 8.06. The number of thiophene rings is 1. The van der Waals surface area contributed by atoms with Crippen molar-refractivity contribution >= 4 is 46.6 Å². The van der Waals surface area contributed by atoms with Crippen LogP contribution >= 0.6 is 22.9 Å². The number of carbonyl (C=O) groups excluding carboxylic acids is 3. The fraction of sp³-hybridized carbons (Fsp3) is 0.556. The van der Waals surface area contributed by atoms with Gasteiger partial charge in [-0.1, -0.05) is 23.7 Å². The van der Waals surface area contributed by atoms with Gasteiger partial charge in [0.05, 0.1) is 68.3 Å². The summed E-state index contributed by atoms with van der Waals surface area (Å²) in [4.78, 5) is 48.8. The Balaban J connectivity index is 0.610. The van der Waals surface area contributed by atoms with Gasteiger partial charge in [0.2, 0.25) is 17.8 Å². The molecule has 0 unspecified atom stereocenters. The maximum Gasteiger partial charge on any atom is 0.256 e. The molecule has 63 heavy (non-hydrogen) atoms. The molecule has 2 aliphatic heterocycles. The maximum absolute atomic E-state index is 13.0. The molecule has 16 nitrogen and oxygen atoms in total. The summed E-state index contributed by atoms with van der Waals surface area (Å²) in [5.74, 6) is 1.23. The number of carbonyl (C=O) groups is 3. The number of nitrogens with one attached hydrogen (secondary N) is 4. The first-order chi connectivity index (χ1) is 30.8. The van der Waals surface area contributed by atoms with Gasteiger partial charge in [-0.05, 0) is 75.0 Å². The van der Waals surface area contributed by atoms with E-state index in [4.69, 9.17) is 35.5 Å². The number of anilines is 1. The molecular formula is C45H58ClN9O7S. The Bertz CT molecular complexity index is 2170. The second kappa shape index (κ2) is 21.9. The van der Waals surface area contributed by atoms with Gasteiger partial charge in [0.15, 0.2) is 0 Å². The zero-order valence-corrected chi connectivity index (χ0v) is 37.4. The highest BCUT2D eigenvalue weighted by molar-refractivity contribution is 7.10. The number of ether oxygens (including phenoxy) is 4. The Morgan fingerprint density at radius 1 is 0.873 bits per heavy atom. The molecular weight excluding hydrogens is 846 g/mol. The average Bonchev–Trinajstić information content (AvgIpc) is 3.79. The number of nitrogens with zero attached hydrogens (tertiary/aromatic N) is 5. The van der Waals surface area contributed by atoms with E-state index in [1.54, 1.807) is 11.1 Å². The van der Waals surface area contributed by atoms with Gasteiger partial charge in [0.1, 0.15) is 18.4 Å². The molecule has 1 atom stereocenters. The van der Waals surface area contributed by atoms with Crippen LogP contribution in [0.3, 0.4) is 0 Å². The van der Waals surface area contributed by atoms with E-state index in [0.717, 1.165) is 84.1 Å². The minimum Gasteiger partial charge on any atom is -0.488 e. The summed E-state index contributed by atoms with van der Waals surface area (Å²) in [6.07, 6.45) is 12.0. The minimum atomic E-state index is -0.621. The van der Waals surface area contributed by atoms with Crippen LogP contribution in [0.4, 0.5) is 5.95 Å². The lowest BCUT2D eigenvalue weighted by Crippen LogP contribution is -2.52. The number of aromatic nitrogens is 4. The number of rotatable bonds is 24. The van der Waals surface area contributed by atoms with Crippen molar-refractivity contribution in [1.29, 1.82) is 0 Å². The van der Waals surface area contributed by atoms with Crippen LogP contribution in [0.25, 0.3) is 11.3 Å². The van der Waals surface area contributed by atoms with Crippen molar-refractivity contribution in [2.75, 3.05) is 58.0 Å². The minimum absolute atomic E-state index is 0.168. The van der Waals surface area contributed by atoms with Crippen molar-refractivity contribution in [3.05, 3.63) is 74.3 Å². The molecule has 2 saturated carbocycles. The molecule has 18 heteroatoms. The molecule has 0 radical (unpaired) electrons. The van der Waals surface area contributed by atoms with E-state index in [1.165, 1.54) is 29.9 Å². The molecule has 1 saturated heterocycles. The van der Waals surface area contributed by atoms with Gasteiger partial charge in [-0.15, -0.1) is 11.3 Å². The molecule has 1 aromatic carbocycles. The Morgan fingerprint density at radius 3 is 2.35 bits per heavy atom. The van der Waals surface area contributed by atoms with Crippen LogP contribution in [0, 0.1) is 5.92 Å². The third kappa shape index (κ3) is 12.2. The fourth-order valence-electron chi connectivity index (χ4n) is 8.38. The van der Waals surface area contributed by atoms with Crippen LogP contribution in [-0.2, 0) is 57.0 Å². The van der Waals surface area contributed by atoms with Crippen LogP contribution in [0.2, 0.25) is 5.02 Å². The lowest BCUT2D eigenvalue weighted by molar-refractivity contribution is -0.136. The van der Waals surface area contributed by atoms with Crippen molar-refractivity contribution in [2.45, 2.75) is 95.6 Å². The lowest BCUT2D eigenvalue weighted by atomic mass is 9.91. The summed E-state index contributed by atoms with van der Waals surface area (Å²) in [5, 5.41) is 19.8. The topological polar surface area (TPSA) is 183 Å². The molecule has 8 rings (SSSR count). The standard InChI is InChI=1S/C45H58ClN9O7S/c1-54-39(22-29-2-3-29)34(24-50-54)42-37(46)25-49-45(53-42)51-32-8-6-31(7-9-32)48-15-17-60-19-21-61-20-18-59-16-14-47-23-30-4-10-33(11-5-30)62-27-40-35-26-55(44(58)36(35)28-63-40)38-12-13-41(56)52-43(38)57/h4-5,10-11,24-25,28-29,31-32,38,47-48H,2-3,6-9,12-23,26-27H2,1H3,(H,49,51,53)(H,52,56,57)/t31?,32?,38-/m0/s1. The summed E-state index contributed by atoms with van der Waals surface area (Å²) in [7, 11) is 1.99. The zero-order chi connectivity index (χ0) is 43.5.